The summed E-state index contributed by atoms with van der Waals surface area (Å²) in [5, 5.41) is 5.53. The molecule has 0 aromatic heterocycles. The maximum Gasteiger partial charge on any atom is 0.262 e. The van der Waals surface area contributed by atoms with Crippen molar-refractivity contribution in [2.24, 2.45) is 5.73 Å². The molecule has 4 N–H and O–H groups in total. The first-order valence-corrected chi connectivity index (χ1v) is 8.59. The highest BCUT2D eigenvalue weighted by Crippen LogP contribution is 2.19. The van der Waals surface area contributed by atoms with E-state index in [0.717, 1.165) is 6.42 Å². The minimum Gasteiger partial charge on any atom is -0.484 e. The number of rotatable bonds is 8. The molecule has 0 aliphatic rings. The van der Waals surface area contributed by atoms with Gasteiger partial charge in [-0.15, -0.1) is 12.4 Å². The molecule has 0 saturated heterocycles. The highest BCUT2D eigenvalue weighted by molar-refractivity contribution is 5.97. The van der Waals surface area contributed by atoms with Gasteiger partial charge >= 0.3 is 0 Å². The van der Waals surface area contributed by atoms with E-state index in [1.54, 1.807) is 43.3 Å². The zero-order valence-electron chi connectivity index (χ0n) is 15.5. The molecular formula is C20H26ClN3O3. The maximum atomic E-state index is 12.3. The molecule has 1 unspecified atom stereocenters. The van der Waals surface area contributed by atoms with Gasteiger partial charge in [-0.3, -0.25) is 9.59 Å². The monoisotopic (exact) mass is 391 g/mol. The second kappa shape index (κ2) is 10.5. The zero-order chi connectivity index (χ0) is 19.0. The quantitative estimate of drug-likeness (QED) is 0.641. The Kier molecular flexibility index (Phi) is 8.78. The molecule has 0 bridgehead atoms. The Morgan fingerprint density at radius 1 is 1.04 bits per heavy atom. The number of para-hydroxylation sites is 1. The molecule has 2 aromatic rings. The lowest BCUT2D eigenvalue weighted by atomic mass is 9.96. The van der Waals surface area contributed by atoms with Crippen molar-refractivity contribution >= 4 is 35.6 Å². The van der Waals surface area contributed by atoms with E-state index in [4.69, 9.17) is 10.5 Å². The predicted molar refractivity (Wildman–Crippen MR) is 110 cm³/mol. The summed E-state index contributed by atoms with van der Waals surface area (Å²) in [4.78, 5) is 24.2. The smallest absolute Gasteiger partial charge is 0.262 e. The average molecular weight is 392 g/mol. The summed E-state index contributed by atoms with van der Waals surface area (Å²) in [5.74, 6) is -0.0262. The van der Waals surface area contributed by atoms with Gasteiger partial charge < -0.3 is 21.1 Å². The molecule has 0 spiro atoms. The van der Waals surface area contributed by atoms with Crippen LogP contribution in [0.2, 0.25) is 0 Å². The summed E-state index contributed by atoms with van der Waals surface area (Å²) in [6.07, 6.45) is 1.41. The lowest BCUT2D eigenvalue weighted by Gasteiger charge is -2.23. The van der Waals surface area contributed by atoms with Crippen LogP contribution >= 0.6 is 12.4 Å². The summed E-state index contributed by atoms with van der Waals surface area (Å²) in [5.41, 5.74) is 6.38. The van der Waals surface area contributed by atoms with E-state index in [9.17, 15) is 9.59 Å². The number of halogens is 1. The van der Waals surface area contributed by atoms with Crippen LogP contribution in [0.3, 0.4) is 0 Å². The fourth-order valence-corrected chi connectivity index (χ4v) is 2.44. The van der Waals surface area contributed by atoms with Crippen molar-refractivity contribution < 1.29 is 14.3 Å². The van der Waals surface area contributed by atoms with Gasteiger partial charge in [-0.1, -0.05) is 37.6 Å². The van der Waals surface area contributed by atoms with Gasteiger partial charge in [0.05, 0.1) is 5.54 Å². The maximum absolute atomic E-state index is 12.3. The number of benzene rings is 2. The fourth-order valence-electron chi connectivity index (χ4n) is 2.44. The Bertz CT molecular complexity index is 751. The van der Waals surface area contributed by atoms with Crippen molar-refractivity contribution in [2.75, 3.05) is 17.2 Å². The summed E-state index contributed by atoms with van der Waals surface area (Å²) in [6.45, 7) is 3.56. The number of hydrogen-bond donors (Lipinski definition) is 3. The SMILES string of the molecule is CCCC(C)(N)C(=O)Nc1cccc(OCC(=O)Nc2ccccc2)c1.Cl. The molecule has 0 aliphatic carbocycles. The second-order valence-corrected chi connectivity index (χ2v) is 6.35. The molecule has 146 valence electrons. The van der Waals surface area contributed by atoms with Crippen LogP contribution in [0, 0.1) is 0 Å². The van der Waals surface area contributed by atoms with Crippen molar-refractivity contribution in [2.45, 2.75) is 32.2 Å². The van der Waals surface area contributed by atoms with Crippen LogP contribution in [0.15, 0.2) is 54.6 Å². The van der Waals surface area contributed by atoms with Gasteiger partial charge in [-0.2, -0.15) is 0 Å². The lowest BCUT2D eigenvalue weighted by Crippen LogP contribution is -2.48. The molecule has 0 radical (unpaired) electrons. The van der Waals surface area contributed by atoms with Gasteiger partial charge in [0.25, 0.3) is 5.91 Å². The standard InChI is InChI=1S/C20H25N3O3.ClH/c1-3-12-20(2,21)19(25)23-16-10-7-11-17(13-16)26-14-18(24)22-15-8-5-4-6-9-15;/h4-11,13H,3,12,14,21H2,1-2H3,(H,22,24)(H,23,25);1H. The van der Waals surface area contributed by atoms with Crippen molar-refractivity contribution in [1.82, 2.24) is 0 Å². The molecule has 6 nitrogen and oxygen atoms in total. The average Bonchev–Trinajstić information content (AvgIpc) is 2.61. The molecule has 27 heavy (non-hydrogen) atoms. The third kappa shape index (κ3) is 7.29. The molecule has 7 heteroatoms. The Balaban J connectivity index is 0.00000364. The molecule has 2 aromatic carbocycles. The summed E-state index contributed by atoms with van der Waals surface area (Å²) in [6, 6.07) is 16.0. The first kappa shape index (κ1) is 22.5. The Labute approximate surface area is 165 Å². The summed E-state index contributed by atoms with van der Waals surface area (Å²) >= 11 is 0. The molecule has 0 saturated carbocycles. The molecule has 0 aliphatic heterocycles. The molecule has 2 amide bonds. The van der Waals surface area contributed by atoms with Crippen LogP contribution in [-0.4, -0.2) is 24.0 Å². The molecule has 2 rings (SSSR count). The van der Waals surface area contributed by atoms with E-state index in [2.05, 4.69) is 10.6 Å². The summed E-state index contributed by atoms with van der Waals surface area (Å²) in [7, 11) is 0. The van der Waals surface area contributed by atoms with Gasteiger partial charge in [0, 0.05) is 17.4 Å². The zero-order valence-corrected chi connectivity index (χ0v) is 16.3. The number of nitrogens with one attached hydrogen (secondary N) is 2. The Morgan fingerprint density at radius 2 is 1.70 bits per heavy atom. The first-order chi connectivity index (χ1) is 12.4. The number of carbonyl (C=O) groups excluding carboxylic acids is 2. The van der Waals surface area contributed by atoms with E-state index >= 15 is 0 Å². The second-order valence-electron chi connectivity index (χ2n) is 6.35. The van der Waals surface area contributed by atoms with Crippen LogP contribution in [0.25, 0.3) is 0 Å². The van der Waals surface area contributed by atoms with Gasteiger partial charge in [-0.25, -0.2) is 0 Å². The number of ether oxygens (including phenoxy) is 1. The van der Waals surface area contributed by atoms with E-state index in [0.29, 0.717) is 23.5 Å². The van der Waals surface area contributed by atoms with E-state index in [1.807, 2.05) is 25.1 Å². The Morgan fingerprint density at radius 3 is 2.37 bits per heavy atom. The minimum absolute atomic E-state index is 0. The number of carbonyl (C=O) groups is 2. The van der Waals surface area contributed by atoms with Gasteiger partial charge in [0.15, 0.2) is 6.61 Å². The fraction of sp³-hybridized carbons (Fsp3) is 0.300. The topological polar surface area (TPSA) is 93.5 Å². The lowest BCUT2D eigenvalue weighted by molar-refractivity contribution is -0.121. The number of hydrogen-bond acceptors (Lipinski definition) is 4. The van der Waals surface area contributed by atoms with Crippen molar-refractivity contribution in [1.29, 1.82) is 0 Å². The van der Waals surface area contributed by atoms with E-state index in [-0.39, 0.29) is 30.8 Å². The van der Waals surface area contributed by atoms with E-state index in [1.165, 1.54) is 0 Å². The molecule has 1 atom stereocenters. The highest BCUT2D eigenvalue weighted by Gasteiger charge is 2.27. The van der Waals surface area contributed by atoms with Gasteiger partial charge in [0.1, 0.15) is 5.75 Å². The van der Waals surface area contributed by atoms with Crippen molar-refractivity contribution in [3.05, 3.63) is 54.6 Å². The van der Waals surface area contributed by atoms with Crippen LogP contribution in [0.4, 0.5) is 11.4 Å². The number of nitrogens with two attached hydrogens (primary N) is 1. The van der Waals surface area contributed by atoms with E-state index < -0.39 is 5.54 Å². The van der Waals surface area contributed by atoms with Crippen LogP contribution in [0.5, 0.6) is 5.75 Å². The van der Waals surface area contributed by atoms with Crippen LogP contribution < -0.4 is 21.1 Å². The third-order valence-corrected chi connectivity index (χ3v) is 3.81. The summed E-state index contributed by atoms with van der Waals surface area (Å²) < 4.78 is 5.50. The Hall–Kier alpha value is -2.57. The molecular weight excluding hydrogens is 366 g/mol. The normalized spacial score (nSPS) is 12.3. The predicted octanol–water partition coefficient (Wildman–Crippen LogP) is 3.58. The number of anilines is 2. The van der Waals surface area contributed by atoms with Gasteiger partial charge in [-0.05, 0) is 37.6 Å². The molecule has 0 heterocycles. The van der Waals surface area contributed by atoms with Gasteiger partial charge in [0.2, 0.25) is 5.91 Å². The first-order valence-electron chi connectivity index (χ1n) is 8.59. The third-order valence-electron chi connectivity index (χ3n) is 3.81. The number of amides is 2. The van der Waals surface area contributed by atoms with Crippen LogP contribution in [-0.2, 0) is 9.59 Å². The van der Waals surface area contributed by atoms with Crippen LogP contribution in [0.1, 0.15) is 26.7 Å². The largest absolute Gasteiger partial charge is 0.484 e. The highest BCUT2D eigenvalue weighted by atomic mass is 35.5. The van der Waals surface area contributed by atoms with Crippen molar-refractivity contribution in [3.8, 4) is 5.75 Å². The van der Waals surface area contributed by atoms with Crippen molar-refractivity contribution in [3.63, 3.8) is 0 Å². The minimum atomic E-state index is -0.929. The molecule has 0 fully saturated rings.